The molecular weight excluding hydrogens is 835 g/mol. The van der Waals surface area contributed by atoms with Crippen molar-refractivity contribution < 1.29 is 0 Å². The highest BCUT2D eigenvalue weighted by molar-refractivity contribution is 5.97. The van der Waals surface area contributed by atoms with Gasteiger partial charge in [-0.2, -0.15) is 0 Å². The van der Waals surface area contributed by atoms with Crippen LogP contribution < -0.4 is 0 Å². The van der Waals surface area contributed by atoms with E-state index in [0.717, 1.165) is 33.4 Å². The summed E-state index contributed by atoms with van der Waals surface area (Å²) in [6.07, 6.45) is 0. The van der Waals surface area contributed by atoms with Gasteiger partial charge in [0.2, 0.25) is 0 Å². The Morgan fingerprint density at radius 2 is 0.681 bits per heavy atom. The van der Waals surface area contributed by atoms with E-state index >= 15 is 0 Å². The quantitative estimate of drug-likeness (QED) is 0.153. The van der Waals surface area contributed by atoms with E-state index in [-0.39, 0.29) is 0 Å². The average molecular weight is 878 g/mol. The Kier molecular flexibility index (Phi) is 9.73. The molecule has 0 aliphatic heterocycles. The highest BCUT2D eigenvalue weighted by Gasteiger charge is 2.46. The monoisotopic (exact) mass is 877 g/mol. The summed E-state index contributed by atoms with van der Waals surface area (Å²) >= 11 is 0. The van der Waals surface area contributed by atoms with Crippen molar-refractivity contribution in [1.29, 1.82) is 0 Å². The van der Waals surface area contributed by atoms with Crippen molar-refractivity contribution >= 4 is 21.5 Å². The van der Waals surface area contributed by atoms with Crippen LogP contribution in [0.4, 0.5) is 0 Å². The van der Waals surface area contributed by atoms with Gasteiger partial charge in [-0.3, -0.25) is 0 Å². The molecule has 0 fully saturated rings. The summed E-state index contributed by atoms with van der Waals surface area (Å²) in [6.45, 7) is 0. The minimum Gasteiger partial charge on any atom is -0.208 e. The molecule has 0 unspecified atom stereocenters. The highest BCUT2D eigenvalue weighted by atomic mass is 15.0. The van der Waals surface area contributed by atoms with Gasteiger partial charge >= 0.3 is 0 Å². The van der Waals surface area contributed by atoms with Gasteiger partial charge in [0.1, 0.15) is 0 Å². The molecule has 0 amide bonds. The molecular formula is C66H43N3. The Labute approximate surface area is 401 Å². The van der Waals surface area contributed by atoms with E-state index in [1.165, 1.54) is 71.6 Å². The Bertz CT molecular complexity index is 3850. The van der Waals surface area contributed by atoms with Crippen LogP contribution in [0.3, 0.4) is 0 Å². The zero-order chi connectivity index (χ0) is 45.7. The summed E-state index contributed by atoms with van der Waals surface area (Å²) in [5.41, 5.74) is 16.4. The summed E-state index contributed by atoms with van der Waals surface area (Å²) in [6, 6.07) is 93.7. The van der Waals surface area contributed by atoms with Crippen molar-refractivity contribution in [3.8, 4) is 78.7 Å². The van der Waals surface area contributed by atoms with E-state index in [2.05, 4.69) is 261 Å². The maximum Gasteiger partial charge on any atom is 0.164 e. The maximum atomic E-state index is 5.38. The molecule has 11 aromatic carbocycles. The number of nitrogens with zero attached hydrogens (tertiary/aromatic N) is 3. The molecule has 0 atom stereocenters. The largest absolute Gasteiger partial charge is 0.208 e. The first kappa shape index (κ1) is 40.2. The topological polar surface area (TPSA) is 38.7 Å². The van der Waals surface area contributed by atoms with Gasteiger partial charge in [-0.25, -0.2) is 15.0 Å². The highest BCUT2D eigenvalue weighted by Crippen LogP contribution is 2.56. The molecule has 1 heterocycles. The molecule has 1 aliphatic carbocycles. The first-order valence-corrected chi connectivity index (χ1v) is 23.6. The number of aromatic nitrogens is 3. The molecule has 1 aliphatic rings. The number of hydrogen-bond acceptors (Lipinski definition) is 3. The van der Waals surface area contributed by atoms with Crippen molar-refractivity contribution in [3.63, 3.8) is 0 Å². The molecule has 1 aromatic heterocycles. The standard InChI is InChI=1S/C66H43N3/c1-3-24-55(25-4-1)66(56-26-5-2-6-27-56)61-31-12-11-29-59(61)60-39-38-54(43-62(60)66)65-68-63(67-64(69-65)53-23-14-21-51(42-53)58-30-15-19-47-17-9-10-28-57(47)58)52-22-13-20-49(41-52)45-32-34-46(35-33-45)50-37-36-44-16-7-8-18-48(44)40-50/h1-43H. The third-order valence-corrected chi connectivity index (χ3v) is 14.0. The SMILES string of the molecule is c1ccc(C2(c3ccccc3)c3ccccc3-c3ccc(-c4nc(-c5cccc(-c6ccc(-c7ccc8ccccc8c7)cc6)c5)nc(-c5cccc(-c6cccc7ccccc67)c5)n4)cc32)cc1. The second kappa shape index (κ2) is 16.7. The second-order valence-corrected chi connectivity index (χ2v) is 17.9. The molecule has 0 bridgehead atoms. The normalized spacial score (nSPS) is 12.5. The fourth-order valence-electron chi connectivity index (χ4n) is 10.7. The van der Waals surface area contributed by atoms with E-state index in [1.807, 2.05) is 0 Å². The van der Waals surface area contributed by atoms with E-state index in [9.17, 15) is 0 Å². The number of benzene rings is 11. The lowest BCUT2D eigenvalue weighted by molar-refractivity contribution is 0.768. The molecule has 0 radical (unpaired) electrons. The van der Waals surface area contributed by atoms with Crippen LogP contribution in [-0.2, 0) is 5.41 Å². The summed E-state index contributed by atoms with van der Waals surface area (Å²) < 4.78 is 0. The van der Waals surface area contributed by atoms with Crippen molar-refractivity contribution in [2.45, 2.75) is 5.41 Å². The minimum absolute atomic E-state index is 0.561. The predicted molar refractivity (Wildman–Crippen MR) is 285 cm³/mol. The first-order chi connectivity index (χ1) is 34.2. The zero-order valence-electron chi connectivity index (χ0n) is 37.7. The van der Waals surface area contributed by atoms with Crippen molar-refractivity contribution in [1.82, 2.24) is 15.0 Å². The van der Waals surface area contributed by atoms with Gasteiger partial charge in [-0.1, -0.05) is 237 Å². The summed E-state index contributed by atoms with van der Waals surface area (Å²) in [7, 11) is 0. The van der Waals surface area contributed by atoms with E-state index < -0.39 is 5.41 Å². The molecule has 3 nitrogen and oxygen atoms in total. The molecule has 322 valence electrons. The summed E-state index contributed by atoms with van der Waals surface area (Å²) in [5.74, 6) is 1.84. The fraction of sp³-hybridized carbons (Fsp3) is 0.0152. The van der Waals surface area contributed by atoms with Crippen molar-refractivity contribution in [2.24, 2.45) is 0 Å². The number of hydrogen-bond donors (Lipinski definition) is 0. The van der Waals surface area contributed by atoms with E-state index in [4.69, 9.17) is 15.0 Å². The van der Waals surface area contributed by atoms with E-state index in [1.54, 1.807) is 0 Å². The second-order valence-electron chi connectivity index (χ2n) is 17.9. The van der Waals surface area contributed by atoms with Crippen LogP contribution in [-0.4, -0.2) is 15.0 Å². The van der Waals surface area contributed by atoms with Gasteiger partial charge in [-0.05, 0) is 113 Å². The van der Waals surface area contributed by atoms with Crippen LogP contribution in [0.1, 0.15) is 22.3 Å². The Hall–Kier alpha value is -9.05. The van der Waals surface area contributed by atoms with Gasteiger partial charge in [-0.15, -0.1) is 0 Å². The van der Waals surface area contributed by atoms with Crippen LogP contribution >= 0.6 is 0 Å². The van der Waals surface area contributed by atoms with Crippen LogP contribution in [0.5, 0.6) is 0 Å². The van der Waals surface area contributed by atoms with Crippen LogP contribution in [0.25, 0.3) is 100 Å². The van der Waals surface area contributed by atoms with Crippen LogP contribution in [0, 0.1) is 0 Å². The molecule has 0 saturated heterocycles. The molecule has 12 aromatic rings. The van der Waals surface area contributed by atoms with Crippen LogP contribution in [0.15, 0.2) is 261 Å². The van der Waals surface area contributed by atoms with Crippen molar-refractivity contribution in [3.05, 3.63) is 283 Å². The Morgan fingerprint density at radius 3 is 1.38 bits per heavy atom. The van der Waals surface area contributed by atoms with Gasteiger partial charge in [0.25, 0.3) is 0 Å². The van der Waals surface area contributed by atoms with Gasteiger partial charge in [0, 0.05) is 16.7 Å². The lowest BCUT2D eigenvalue weighted by atomic mass is 9.67. The lowest BCUT2D eigenvalue weighted by Crippen LogP contribution is -2.28. The molecule has 0 saturated carbocycles. The third-order valence-electron chi connectivity index (χ3n) is 14.0. The molecule has 69 heavy (non-hydrogen) atoms. The van der Waals surface area contributed by atoms with Crippen LogP contribution in [0.2, 0.25) is 0 Å². The number of fused-ring (bicyclic) bond motifs is 5. The fourth-order valence-corrected chi connectivity index (χ4v) is 10.7. The lowest BCUT2D eigenvalue weighted by Gasteiger charge is -2.34. The van der Waals surface area contributed by atoms with Gasteiger partial charge < -0.3 is 0 Å². The van der Waals surface area contributed by atoms with Gasteiger partial charge in [0.15, 0.2) is 17.5 Å². The minimum atomic E-state index is -0.561. The molecule has 13 rings (SSSR count). The zero-order valence-corrected chi connectivity index (χ0v) is 37.7. The molecule has 0 N–H and O–H groups in total. The maximum absolute atomic E-state index is 5.38. The predicted octanol–water partition coefficient (Wildman–Crippen LogP) is 16.5. The summed E-state index contributed by atoms with van der Waals surface area (Å²) in [5, 5.41) is 4.89. The molecule has 0 spiro atoms. The van der Waals surface area contributed by atoms with Crippen molar-refractivity contribution in [2.75, 3.05) is 0 Å². The summed E-state index contributed by atoms with van der Waals surface area (Å²) in [4.78, 5) is 16.1. The van der Waals surface area contributed by atoms with Gasteiger partial charge in [0.05, 0.1) is 5.41 Å². The van der Waals surface area contributed by atoms with E-state index in [0.29, 0.717) is 17.5 Å². The first-order valence-electron chi connectivity index (χ1n) is 23.6. The third kappa shape index (κ3) is 6.94. The Balaban J connectivity index is 0.968. The Morgan fingerprint density at radius 1 is 0.232 bits per heavy atom. The smallest absolute Gasteiger partial charge is 0.164 e. The molecule has 3 heteroatoms. The average Bonchev–Trinajstić information content (AvgIpc) is 3.73. The number of rotatable bonds is 8.